The molecule has 0 aliphatic rings. The summed E-state index contributed by atoms with van der Waals surface area (Å²) < 4.78 is 17.1. The zero-order valence-electron chi connectivity index (χ0n) is 12.9. The summed E-state index contributed by atoms with van der Waals surface area (Å²) in [5.41, 5.74) is 6.59. The zero-order chi connectivity index (χ0) is 16.8. The van der Waals surface area contributed by atoms with E-state index < -0.39 is 25.3 Å². The number of benzene rings is 1. The normalized spacial score (nSPS) is 17.0. The van der Waals surface area contributed by atoms with Gasteiger partial charge < -0.3 is 20.3 Å². The highest BCUT2D eigenvalue weighted by atomic mass is 31.2. The van der Waals surface area contributed by atoms with Gasteiger partial charge in [0.2, 0.25) is 0 Å². The molecule has 0 aliphatic heterocycles. The van der Waals surface area contributed by atoms with E-state index in [4.69, 9.17) is 15.4 Å². The molecule has 0 heterocycles. The lowest BCUT2D eigenvalue weighted by Crippen LogP contribution is -2.27. The summed E-state index contributed by atoms with van der Waals surface area (Å²) in [5, 5.41) is 9.11. The number of carbonyl (C=O) groups is 1. The van der Waals surface area contributed by atoms with E-state index in [1.54, 1.807) is 12.1 Å². The SMILES string of the molecule is CC(C)C[C@H](COP(=O)(O)C(N)Cc1ccccc1)C(=O)O. The molecule has 0 amide bonds. The molecule has 124 valence electrons. The number of hydrogen-bond acceptors (Lipinski definition) is 4. The van der Waals surface area contributed by atoms with Crippen LogP contribution >= 0.6 is 7.60 Å². The van der Waals surface area contributed by atoms with Gasteiger partial charge in [-0.2, -0.15) is 0 Å². The van der Waals surface area contributed by atoms with Crippen molar-refractivity contribution in [3.8, 4) is 0 Å². The summed E-state index contributed by atoms with van der Waals surface area (Å²) >= 11 is 0. The maximum atomic E-state index is 12.1. The molecule has 7 heteroatoms. The monoisotopic (exact) mass is 329 g/mol. The van der Waals surface area contributed by atoms with Gasteiger partial charge in [0.25, 0.3) is 0 Å². The predicted octanol–water partition coefficient (Wildman–Crippen LogP) is 2.46. The number of aliphatic carboxylic acids is 1. The van der Waals surface area contributed by atoms with Crippen LogP contribution in [0.25, 0.3) is 0 Å². The van der Waals surface area contributed by atoms with Crippen molar-refractivity contribution in [3.63, 3.8) is 0 Å². The smallest absolute Gasteiger partial charge is 0.345 e. The third kappa shape index (κ3) is 6.28. The average molecular weight is 329 g/mol. The first kappa shape index (κ1) is 18.8. The average Bonchev–Trinajstić information content (AvgIpc) is 2.43. The predicted molar refractivity (Wildman–Crippen MR) is 84.5 cm³/mol. The van der Waals surface area contributed by atoms with Crippen LogP contribution in [-0.4, -0.2) is 28.4 Å². The third-order valence-corrected chi connectivity index (χ3v) is 4.81. The fourth-order valence-electron chi connectivity index (χ4n) is 2.07. The van der Waals surface area contributed by atoms with Crippen LogP contribution in [-0.2, 0) is 20.3 Å². The second kappa shape index (κ2) is 8.44. The fraction of sp³-hybridized carbons (Fsp3) is 0.533. The van der Waals surface area contributed by atoms with E-state index in [-0.39, 0.29) is 18.9 Å². The molecule has 0 saturated heterocycles. The van der Waals surface area contributed by atoms with Gasteiger partial charge in [0.1, 0.15) is 5.78 Å². The number of rotatable bonds is 9. The summed E-state index contributed by atoms with van der Waals surface area (Å²) in [6.07, 6.45) is 0.569. The van der Waals surface area contributed by atoms with Crippen molar-refractivity contribution in [3.05, 3.63) is 35.9 Å². The van der Waals surface area contributed by atoms with Crippen molar-refractivity contribution in [2.45, 2.75) is 32.5 Å². The van der Waals surface area contributed by atoms with Crippen molar-refractivity contribution in [2.75, 3.05) is 6.61 Å². The quantitative estimate of drug-likeness (QED) is 0.600. The van der Waals surface area contributed by atoms with Gasteiger partial charge >= 0.3 is 13.6 Å². The molecule has 1 aromatic rings. The van der Waals surface area contributed by atoms with Gasteiger partial charge in [-0.25, -0.2) is 0 Å². The van der Waals surface area contributed by atoms with Crippen molar-refractivity contribution in [1.29, 1.82) is 0 Å². The van der Waals surface area contributed by atoms with Gasteiger partial charge in [0.05, 0.1) is 12.5 Å². The molecule has 0 aromatic heterocycles. The van der Waals surface area contributed by atoms with E-state index in [0.29, 0.717) is 6.42 Å². The fourth-order valence-corrected chi connectivity index (χ4v) is 3.10. The minimum Gasteiger partial charge on any atom is -0.481 e. The van der Waals surface area contributed by atoms with Crippen LogP contribution in [0.5, 0.6) is 0 Å². The Morgan fingerprint density at radius 1 is 1.32 bits per heavy atom. The van der Waals surface area contributed by atoms with Crippen LogP contribution in [0.15, 0.2) is 30.3 Å². The second-order valence-electron chi connectivity index (χ2n) is 5.78. The Kier molecular flexibility index (Phi) is 7.23. The molecule has 0 aliphatic carbocycles. The van der Waals surface area contributed by atoms with Gasteiger partial charge in [-0.05, 0) is 24.3 Å². The van der Waals surface area contributed by atoms with Crippen LogP contribution in [0.4, 0.5) is 0 Å². The van der Waals surface area contributed by atoms with Crippen LogP contribution in [0.2, 0.25) is 0 Å². The van der Waals surface area contributed by atoms with Gasteiger partial charge in [0, 0.05) is 0 Å². The highest BCUT2D eigenvalue weighted by Crippen LogP contribution is 2.46. The number of nitrogens with two attached hydrogens (primary N) is 1. The molecule has 2 unspecified atom stereocenters. The summed E-state index contributed by atoms with van der Waals surface area (Å²) in [7, 11) is -4.07. The Balaban J connectivity index is 2.61. The first-order chi connectivity index (χ1) is 10.2. The standard InChI is InChI=1S/C15H24NO5P/c1-11(2)8-13(15(17)18)10-21-22(19,20)14(16)9-12-6-4-3-5-7-12/h3-7,11,13-14H,8-10,16H2,1-2H3,(H,17,18)(H,19,20)/t13-,14?/m1/s1. The minimum absolute atomic E-state index is 0.153. The maximum absolute atomic E-state index is 12.1. The molecule has 3 atom stereocenters. The molecule has 4 N–H and O–H groups in total. The molecule has 6 nitrogen and oxygen atoms in total. The van der Waals surface area contributed by atoms with E-state index in [1.807, 2.05) is 32.0 Å². The largest absolute Gasteiger partial charge is 0.481 e. The Morgan fingerprint density at radius 2 is 1.91 bits per heavy atom. The van der Waals surface area contributed by atoms with Crippen LogP contribution in [0.3, 0.4) is 0 Å². The minimum atomic E-state index is -4.07. The van der Waals surface area contributed by atoms with Gasteiger partial charge in [-0.15, -0.1) is 0 Å². The topological polar surface area (TPSA) is 110 Å². The summed E-state index contributed by atoms with van der Waals surface area (Å²) in [6, 6.07) is 9.08. The molecule has 0 saturated carbocycles. The molecule has 1 rings (SSSR count). The maximum Gasteiger partial charge on any atom is 0.345 e. The highest BCUT2D eigenvalue weighted by molar-refractivity contribution is 7.53. The zero-order valence-corrected chi connectivity index (χ0v) is 13.8. The molecule has 22 heavy (non-hydrogen) atoms. The summed E-state index contributed by atoms with van der Waals surface area (Å²) in [5.74, 6) is -2.78. The molecule has 0 spiro atoms. The Bertz CT molecular complexity index is 520. The van der Waals surface area contributed by atoms with Crippen molar-refractivity contribution < 1.29 is 23.9 Å². The van der Waals surface area contributed by atoms with Crippen molar-refractivity contribution in [2.24, 2.45) is 17.6 Å². The van der Waals surface area contributed by atoms with Gasteiger partial charge in [-0.3, -0.25) is 9.36 Å². The molecule has 0 bridgehead atoms. The molecule has 0 fully saturated rings. The van der Waals surface area contributed by atoms with Gasteiger partial charge in [-0.1, -0.05) is 44.2 Å². The van der Waals surface area contributed by atoms with Crippen LogP contribution < -0.4 is 5.73 Å². The molecular formula is C15H24NO5P. The number of carboxylic acids is 1. The first-order valence-electron chi connectivity index (χ1n) is 7.21. The first-order valence-corrected chi connectivity index (χ1v) is 8.86. The number of hydrogen-bond donors (Lipinski definition) is 3. The van der Waals surface area contributed by atoms with Crippen molar-refractivity contribution in [1.82, 2.24) is 0 Å². The lowest BCUT2D eigenvalue weighted by atomic mass is 9.98. The highest BCUT2D eigenvalue weighted by Gasteiger charge is 2.32. The van der Waals surface area contributed by atoms with Crippen molar-refractivity contribution >= 4 is 13.6 Å². The van der Waals surface area contributed by atoms with E-state index in [2.05, 4.69) is 0 Å². The summed E-state index contributed by atoms with van der Waals surface area (Å²) in [6.45, 7) is 3.45. The summed E-state index contributed by atoms with van der Waals surface area (Å²) in [4.78, 5) is 21.1. The molecular weight excluding hydrogens is 305 g/mol. The third-order valence-electron chi connectivity index (χ3n) is 3.27. The van der Waals surface area contributed by atoms with Crippen LogP contribution in [0, 0.1) is 11.8 Å². The molecule has 1 aromatic carbocycles. The molecule has 0 radical (unpaired) electrons. The lowest BCUT2D eigenvalue weighted by Gasteiger charge is -2.21. The van der Waals surface area contributed by atoms with E-state index >= 15 is 0 Å². The Morgan fingerprint density at radius 3 is 2.41 bits per heavy atom. The lowest BCUT2D eigenvalue weighted by molar-refractivity contribution is -0.143. The Labute approximate surface area is 130 Å². The van der Waals surface area contributed by atoms with E-state index in [0.717, 1.165) is 5.56 Å². The Hall–Kier alpha value is -1.20. The van der Waals surface area contributed by atoms with E-state index in [9.17, 15) is 14.3 Å². The van der Waals surface area contributed by atoms with E-state index in [1.165, 1.54) is 0 Å². The van der Waals surface area contributed by atoms with Crippen LogP contribution in [0.1, 0.15) is 25.8 Å². The second-order valence-corrected chi connectivity index (χ2v) is 7.83. The number of carboxylic acid groups (broad SMARTS) is 1. The van der Waals surface area contributed by atoms with Gasteiger partial charge in [0.15, 0.2) is 0 Å².